The molecule has 1 fully saturated rings. The first-order valence-corrected chi connectivity index (χ1v) is 7.94. The normalized spacial score (nSPS) is 24.8. The van der Waals surface area contributed by atoms with Crippen LogP contribution in [0.2, 0.25) is 0 Å². The number of halogens is 2. The van der Waals surface area contributed by atoms with Crippen LogP contribution >= 0.6 is 0 Å². The van der Waals surface area contributed by atoms with Gasteiger partial charge in [-0.2, -0.15) is 4.31 Å². The third-order valence-electron chi connectivity index (χ3n) is 3.68. The number of anilines is 1. The van der Waals surface area contributed by atoms with Gasteiger partial charge in [-0.05, 0) is 37.8 Å². The molecule has 0 amide bonds. The largest absolute Gasteiger partial charge is 0.399 e. The average molecular weight is 304 g/mol. The molecule has 2 N–H and O–H groups in total. The summed E-state index contributed by atoms with van der Waals surface area (Å²) in [6, 6.07) is 1.50. The van der Waals surface area contributed by atoms with Crippen molar-refractivity contribution in [1.82, 2.24) is 4.31 Å². The average Bonchev–Trinajstić information content (AvgIpc) is 2.33. The molecule has 2 rings (SSSR count). The van der Waals surface area contributed by atoms with Crippen molar-refractivity contribution in [1.29, 1.82) is 0 Å². The number of nitrogen functional groups attached to an aromatic ring is 1. The number of sulfonamides is 1. The molecule has 1 aliphatic rings. The quantitative estimate of drug-likeness (QED) is 0.853. The summed E-state index contributed by atoms with van der Waals surface area (Å²) in [5, 5.41) is 0. The molecular formula is C13H18F2N2O2S. The fraction of sp³-hybridized carbons (Fsp3) is 0.538. The Bertz CT molecular complexity index is 619. The lowest BCUT2D eigenvalue weighted by Gasteiger charge is -2.35. The second-order valence-corrected chi connectivity index (χ2v) is 7.27. The van der Waals surface area contributed by atoms with E-state index in [2.05, 4.69) is 0 Å². The SMILES string of the molecule is CC1CCN(S(=O)(=O)c2cc(N)cc(F)c2F)C(C)C1. The summed E-state index contributed by atoms with van der Waals surface area (Å²) < 4.78 is 53.4. The van der Waals surface area contributed by atoms with Gasteiger partial charge in [0, 0.05) is 18.3 Å². The maximum absolute atomic E-state index is 13.8. The van der Waals surface area contributed by atoms with E-state index in [1.54, 1.807) is 6.92 Å². The van der Waals surface area contributed by atoms with Crippen LogP contribution < -0.4 is 5.73 Å². The molecule has 0 radical (unpaired) electrons. The molecule has 1 aromatic rings. The minimum Gasteiger partial charge on any atom is -0.399 e. The number of benzene rings is 1. The molecule has 1 aromatic carbocycles. The van der Waals surface area contributed by atoms with Crippen molar-refractivity contribution in [2.75, 3.05) is 12.3 Å². The standard InChI is InChI=1S/C13H18F2N2O2S/c1-8-3-4-17(9(2)5-8)20(18,19)12-7-10(16)6-11(14)13(12)15/h6-9H,3-5,16H2,1-2H3. The molecule has 0 aliphatic carbocycles. The van der Waals surface area contributed by atoms with Gasteiger partial charge in [-0.1, -0.05) is 6.92 Å². The van der Waals surface area contributed by atoms with Gasteiger partial charge in [-0.3, -0.25) is 0 Å². The first-order chi connectivity index (χ1) is 9.23. The zero-order valence-corrected chi connectivity index (χ0v) is 12.3. The Morgan fingerprint density at radius 1 is 1.30 bits per heavy atom. The number of hydrogen-bond acceptors (Lipinski definition) is 3. The molecule has 1 heterocycles. The Kier molecular flexibility index (Phi) is 4.02. The summed E-state index contributed by atoms with van der Waals surface area (Å²) in [4.78, 5) is -0.684. The molecule has 1 saturated heterocycles. The van der Waals surface area contributed by atoms with E-state index in [1.165, 1.54) is 4.31 Å². The highest BCUT2D eigenvalue weighted by Crippen LogP contribution is 2.30. The van der Waals surface area contributed by atoms with Gasteiger partial charge >= 0.3 is 0 Å². The minimum absolute atomic E-state index is 0.111. The Balaban J connectivity index is 2.46. The monoisotopic (exact) mass is 304 g/mol. The van der Waals surface area contributed by atoms with E-state index in [-0.39, 0.29) is 11.7 Å². The molecule has 1 aliphatic heterocycles. The molecule has 0 bridgehead atoms. The van der Waals surface area contributed by atoms with Crippen molar-refractivity contribution >= 4 is 15.7 Å². The van der Waals surface area contributed by atoms with Crippen LogP contribution in [0, 0.1) is 17.6 Å². The second-order valence-electron chi connectivity index (χ2n) is 5.41. The summed E-state index contributed by atoms with van der Waals surface area (Å²) in [7, 11) is -4.07. The van der Waals surface area contributed by atoms with Crippen molar-refractivity contribution in [2.24, 2.45) is 5.92 Å². The third kappa shape index (κ3) is 2.64. The van der Waals surface area contributed by atoms with Crippen LogP contribution in [0.5, 0.6) is 0 Å². The van der Waals surface area contributed by atoms with Gasteiger partial charge in [0.05, 0.1) is 0 Å². The van der Waals surface area contributed by atoms with Crippen molar-refractivity contribution in [3.05, 3.63) is 23.8 Å². The predicted molar refractivity (Wildman–Crippen MR) is 72.5 cm³/mol. The van der Waals surface area contributed by atoms with Crippen molar-refractivity contribution in [3.63, 3.8) is 0 Å². The number of hydrogen-bond donors (Lipinski definition) is 1. The first-order valence-electron chi connectivity index (χ1n) is 6.50. The van der Waals surface area contributed by atoms with Gasteiger partial charge in [0.2, 0.25) is 10.0 Å². The van der Waals surface area contributed by atoms with Gasteiger partial charge in [-0.25, -0.2) is 17.2 Å². The highest BCUT2D eigenvalue weighted by molar-refractivity contribution is 7.89. The lowest BCUT2D eigenvalue weighted by Crippen LogP contribution is -2.44. The van der Waals surface area contributed by atoms with Crippen molar-refractivity contribution in [3.8, 4) is 0 Å². The van der Waals surface area contributed by atoms with Crippen LogP contribution in [-0.4, -0.2) is 25.3 Å². The van der Waals surface area contributed by atoms with E-state index in [0.29, 0.717) is 25.3 Å². The molecule has 0 aromatic heterocycles. The number of rotatable bonds is 2. The van der Waals surface area contributed by atoms with Crippen LogP contribution in [-0.2, 0) is 10.0 Å². The number of nitrogens with zero attached hydrogens (tertiary/aromatic N) is 1. The Hall–Kier alpha value is -1.21. The topological polar surface area (TPSA) is 63.4 Å². The smallest absolute Gasteiger partial charge is 0.246 e. The van der Waals surface area contributed by atoms with Crippen molar-refractivity contribution < 1.29 is 17.2 Å². The fourth-order valence-corrected chi connectivity index (χ4v) is 4.41. The summed E-state index contributed by atoms with van der Waals surface area (Å²) in [5.41, 5.74) is 5.31. The molecule has 0 spiro atoms. The van der Waals surface area contributed by atoms with E-state index in [4.69, 9.17) is 5.73 Å². The maximum atomic E-state index is 13.8. The zero-order chi connectivity index (χ0) is 15.1. The highest BCUT2D eigenvalue weighted by atomic mass is 32.2. The molecule has 0 saturated carbocycles. The van der Waals surface area contributed by atoms with Gasteiger partial charge in [0.1, 0.15) is 4.90 Å². The van der Waals surface area contributed by atoms with E-state index in [9.17, 15) is 17.2 Å². The van der Waals surface area contributed by atoms with E-state index in [0.717, 1.165) is 12.1 Å². The van der Waals surface area contributed by atoms with Gasteiger partial charge in [0.15, 0.2) is 11.6 Å². The van der Waals surface area contributed by atoms with E-state index < -0.39 is 26.6 Å². The van der Waals surface area contributed by atoms with Crippen LogP contribution in [0.1, 0.15) is 26.7 Å². The molecule has 20 heavy (non-hydrogen) atoms. The molecule has 112 valence electrons. The second kappa shape index (κ2) is 5.29. The highest BCUT2D eigenvalue weighted by Gasteiger charge is 2.35. The van der Waals surface area contributed by atoms with Crippen LogP contribution in [0.4, 0.5) is 14.5 Å². The Labute approximate surface area is 117 Å². The third-order valence-corrected chi connectivity index (χ3v) is 5.69. The van der Waals surface area contributed by atoms with Gasteiger partial charge in [-0.15, -0.1) is 0 Å². The summed E-state index contributed by atoms with van der Waals surface area (Å²) in [5.74, 6) is -2.20. The van der Waals surface area contributed by atoms with Crippen LogP contribution in [0.15, 0.2) is 17.0 Å². The van der Waals surface area contributed by atoms with Gasteiger partial charge in [0.25, 0.3) is 0 Å². The molecule has 7 heteroatoms. The van der Waals surface area contributed by atoms with E-state index in [1.807, 2.05) is 6.92 Å². The fourth-order valence-electron chi connectivity index (χ4n) is 2.64. The van der Waals surface area contributed by atoms with E-state index >= 15 is 0 Å². The van der Waals surface area contributed by atoms with Crippen LogP contribution in [0.25, 0.3) is 0 Å². The Morgan fingerprint density at radius 3 is 2.55 bits per heavy atom. The van der Waals surface area contributed by atoms with Crippen molar-refractivity contribution in [2.45, 2.75) is 37.6 Å². The molecular weight excluding hydrogens is 286 g/mol. The molecule has 4 nitrogen and oxygen atoms in total. The predicted octanol–water partition coefficient (Wildman–Crippen LogP) is 2.36. The maximum Gasteiger partial charge on any atom is 0.246 e. The Morgan fingerprint density at radius 2 is 1.95 bits per heavy atom. The lowest BCUT2D eigenvalue weighted by atomic mass is 9.95. The first kappa shape index (κ1) is 15.2. The lowest BCUT2D eigenvalue weighted by molar-refractivity contribution is 0.219. The zero-order valence-electron chi connectivity index (χ0n) is 11.4. The minimum atomic E-state index is -4.07. The number of piperidine rings is 1. The van der Waals surface area contributed by atoms with Gasteiger partial charge < -0.3 is 5.73 Å². The van der Waals surface area contributed by atoms with Crippen LogP contribution in [0.3, 0.4) is 0 Å². The summed E-state index contributed by atoms with van der Waals surface area (Å²) in [6.45, 7) is 4.12. The molecule has 2 atom stereocenters. The molecule has 2 unspecified atom stereocenters. The summed E-state index contributed by atoms with van der Waals surface area (Å²) in [6.07, 6.45) is 1.40. The summed E-state index contributed by atoms with van der Waals surface area (Å²) >= 11 is 0. The number of nitrogens with two attached hydrogens (primary N) is 1.